The van der Waals surface area contributed by atoms with Crippen LogP contribution >= 0.6 is 15.9 Å². The van der Waals surface area contributed by atoms with Crippen LogP contribution in [0.2, 0.25) is 0 Å². The fraction of sp³-hybridized carbons (Fsp3) is 0.714. The number of rotatable bonds is 4. The third-order valence-corrected chi connectivity index (χ3v) is 5.13. The highest BCUT2D eigenvalue weighted by Gasteiger charge is 2.32. The number of hydrogen-bond acceptors (Lipinski definition) is 4. The van der Waals surface area contributed by atoms with Gasteiger partial charge in [-0.15, -0.1) is 0 Å². The molecule has 1 aromatic rings. The predicted octanol–water partition coefficient (Wildman–Crippen LogP) is 3.69. The number of nitrogens with one attached hydrogen (secondary N) is 1. The van der Waals surface area contributed by atoms with Crippen LogP contribution in [-0.4, -0.2) is 30.1 Å². The third-order valence-electron chi connectivity index (χ3n) is 4.57. The molecule has 0 amide bonds. The lowest BCUT2D eigenvalue weighted by Gasteiger charge is -2.41. The maximum Gasteiger partial charge on any atom is 0.224 e. The van der Waals surface area contributed by atoms with Gasteiger partial charge in [-0.3, -0.25) is 0 Å². The standard InChI is InChI=1S/C14H23BrN4/c1-4-14(5-2)6-8-19(9-7-14)12-11(15)10-17-13(16-3)18-12/h10H,4-9H2,1-3H3,(H,16,17,18). The van der Waals surface area contributed by atoms with Crippen LogP contribution in [0.5, 0.6) is 0 Å². The van der Waals surface area contributed by atoms with E-state index < -0.39 is 0 Å². The van der Waals surface area contributed by atoms with Gasteiger partial charge >= 0.3 is 0 Å². The average molecular weight is 327 g/mol. The first-order chi connectivity index (χ1) is 9.14. The van der Waals surface area contributed by atoms with Gasteiger partial charge in [-0.25, -0.2) is 4.98 Å². The Kier molecular flexibility index (Phi) is 4.66. The van der Waals surface area contributed by atoms with Gasteiger partial charge in [-0.1, -0.05) is 26.7 Å². The first-order valence-corrected chi connectivity index (χ1v) is 7.88. The van der Waals surface area contributed by atoms with Gasteiger partial charge in [-0.05, 0) is 34.2 Å². The van der Waals surface area contributed by atoms with Crippen LogP contribution in [0, 0.1) is 5.41 Å². The Bertz CT molecular complexity index is 421. The minimum atomic E-state index is 0.543. The second-order valence-corrected chi connectivity index (χ2v) is 6.16. The van der Waals surface area contributed by atoms with E-state index in [0.717, 1.165) is 23.4 Å². The summed E-state index contributed by atoms with van der Waals surface area (Å²) >= 11 is 3.56. The lowest BCUT2D eigenvalue weighted by Crippen LogP contribution is -2.40. The SMILES string of the molecule is CCC1(CC)CCN(c2nc(NC)ncc2Br)CC1. The second-order valence-electron chi connectivity index (χ2n) is 5.31. The number of piperidine rings is 1. The topological polar surface area (TPSA) is 41.1 Å². The zero-order chi connectivity index (χ0) is 13.9. The molecule has 2 rings (SSSR count). The number of aromatic nitrogens is 2. The highest BCUT2D eigenvalue weighted by molar-refractivity contribution is 9.10. The summed E-state index contributed by atoms with van der Waals surface area (Å²) in [7, 11) is 1.85. The lowest BCUT2D eigenvalue weighted by molar-refractivity contribution is 0.199. The van der Waals surface area contributed by atoms with Crippen molar-refractivity contribution in [3.05, 3.63) is 10.7 Å². The molecule has 1 fully saturated rings. The Morgan fingerprint density at radius 1 is 1.32 bits per heavy atom. The van der Waals surface area contributed by atoms with Gasteiger partial charge in [0.2, 0.25) is 5.95 Å². The molecule has 0 spiro atoms. The van der Waals surface area contributed by atoms with Crippen molar-refractivity contribution in [3.8, 4) is 0 Å². The van der Waals surface area contributed by atoms with Crippen LogP contribution in [0.25, 0.3) is 0 Å². The number of nitrogens with zero attached hydrogens (tertiary/aromatic N) is 3. The normalized spacial score (nSPS) is 18.4. The maximum atomic E-state index is 4.57. The van der Waals surface area contributed by atoms with Crippen molar-refractivity contribution >= 4 is 27.7 Å². The Morgan fingerprint density at radius 3 is 2.47 bits per heavy atom. The maximum absolute atomic E-state index is 4.57. The van der Waals surface area contributed by atoms with Gasteiger partial charge in [0.15, 0.2) is 0 Å². The summed E-state index contributed by atoms with van der Waals surface area (Å²) in [6, 6.07) is 0. The number of anilines is 2. The molecule has 106 valence electrons. The summed E-state index contributed by atoms with van der Waals surface area (Å²) in [5, 5.41) is 3.00. The fourth-order valence-electron chi connectivity index (χ4n) is 2.85. The van der Waals surface area contributed by atoms with Crippen molar-refractivity contribution in [2.24, 2.45) is 5.41 Å². The summed E-state index contributed by atoms with van der Waals surface area (Å²) in [5.41, 5.74) is 0.543. The molecule has 0 bridgehead atoms. The van der Waals surface area contributed by atoms with E-state index in [1.165, 1.54) is 25.7 Å². The minimum absolute atomic E-state index is 0.543. The summed E-state index contributed by atoms with van der Waals surface area (Å²) in [4.78, 5) is 11.2. The van der Waals surface area contributed by atoms with Gasteiger partial charge in [0.1, 0.15) is 5.82 Å². The molecule has 0 unspecified atom stereocenters. The van der Waals surface area contributed by atoms with Crippen molar-refractivity contribution in [3.63, 3.8) is 0 Å². The Balaban J connectivity index is 2.13. The van der Waals surface area contributed by atoms with E-state index in [0.29, 0.717) is 11.4 Å². The van der Waals surface area contributed by atoms with Gasteiger partial charge in [0.05, 0.1) is 4.47 Å². The van der Waals surface area contributed by atoms with Crippen molar-refractivity contribution in [1.82, 2.24) is 9.97 Å². The van der Waals surface area contributed by atoms with E-state index in [9.17, 15) is 0 Å². The Hall–Kier alpha value is -0.840. The molecule has 0 radical (unpaired) electrons. The molecule has 0 aliphatic carbocycles. The van der Waals surface area contributed by atoms with Crippen molar-refractivity contribution in [1.29, 1.82) is 0 Å². The molecular formula is C14H23BrN4. The molecule has 1 aliphatic rings. The summed E-state index contributed by atoms with van der Waals surface area (Å²) < 4.78 is 0.979. The third kappa shape index (κ3) is 3.02. The average Bonchev–Trinajstić information content (AvgIpc) is 2.48. The smallest absolute Gasteiger partial charge is 0.224 e. The molecule has 1 saturated heterocycles. The van der Waals surface area contributed by atoms with Crippen LogP contribution in [-0.2, 0) is 0 Å². The first-order valence-electron chi connectivity index (χ1n) is 7.09. The van der Waals surface area contributed by atoms with E-state index in [4.69, 9.17) is 0 Å². The van der Waals surface area contributed by atoms with Crippen LogP contribution < -0.4 is 10.2 Å². The molecule has 19 heavy (non-hydrogen) atoms. The van der Waals surface area contributed by atoms with E-state index >= 15 is 0 Å². The zero-order valence-corrected chi connectivity index (χ0v) is 13.6. The van der Waals surface area contributed by atoms with E-state index in [1.807, 2.05) is 13.2 Å². The molecule has 0 aromatic carbocycles. The lowest BCUT2D eigenvalue weighted by atomic mass is 9.74. The summed E-state index contributed by atoms with van der Waals surface area (Å²) in [5.74, 6) is 1.70. The summed E-state index contributed by atoms with van der Waals surface area (Å²) in [6.45, 7) is 6.80. The van der Waals surface area contributed by atoms with Gasteiger partial charge in [0, 0.05) is 26.3 Å². The Morgan fingerprint density at radius 2 is 1.95 bits per heavy atom. The van der Waals surface area contributed by atoms with Gasteiger partial charge < -0.3 is 10.2 Å². The predicted molar refractivity (Wildman–Crippen MR) is 83.7 cm³/mol. The molecule has 4 nitrogen and oxygen atoms in total. The zero-order valence-electron chi connectivity index (χ0n) is 12.0. The second kappa shape index (κ2) is 6.07. The summed E-state index contributed by atoms with van der Waals surface area (Å²) in [6.07, 6.45) is 6.90. The van der Waals surface area contributed by atoms with Crippen LogP contribution in [0.1, 0.15) is 39.5 Å². The van der Waals surface area contributed by atoms with Crippen LogP contribution in [0.3, 0.4) is 0 Å². The quantitative estimate of drug-likeness (QED) is 0.916. The van der Waals surface area contributed by atoms with Gasteiger partial charge in [0.25, 0.3) is 0 Å². The highest BCUT2D eigenvalue weighted by Crippen LogP contribution is 2.39. The van der Waals surface area contributed by atoms with E-state index in [1.54, 1.807) is 0 Å². The van der Waals surface area contributed by atoms with Crippen molar-refractivity contribution < 1.29 is 0 Å². The van der Waals surface area contributed by atoms with E-state index in [2.05, 4.69) is 50.0 Å². The monoisotopic (exact) mass is 326 g/mol. The largest absolute Gasteiger partial charge is 0.357 e. The van der Waals surface area contributed by atoms with Crippen molar-refractivity contribution in [2.75, 3.05) is 30.4 Å². The van der Waals surface area contributed by atoms with Gasteiger partial charge in [-0.2, -0.15) is 4.98 Å². The molecule has 1 N–H and O–H groups in total. The number of hydrogen-bond donors (Lipinski definition) is 1. The minimum Gasteiger partial charge on any atom is -0.357 e. The molecule has 0 atom stereocenters. The molecular weight excluding hydrogens is 304 g/mol. The molecule has 5 heteroatoms. The molecule has 1 aromatic heterocycles. The molecule has 2 heterocycles. The fourth-order valence-corrected chi connectivity index (χ4v) is 3.29. The van der Waals surface area contributed by atoms with E-state index in [-0.39, 0.29) is 0 Å². The number of halogens is 1. The first kappa shape index (κ1) is 14.6. The van der Waals surface area contributed by atoms with Crippen LogP contribution in [0.15, 0.2) is 10.7 Å². The molecule has 1 aliphatic heterocycles. The van der Waals surface area contributed by atoms with Crippen molar-refractivity contribution in [2.45, 2.75) is 39.5 Å². The van der Waals surface area contributed by atoms with Crippen LogP contribution in [0.4, 0.5) is 11.8 Å². The molecule has 0 saturated carbocycles. The Labute approximate surface area is 124 Å². The highest BCUT2D eigenvalue weighted by atomic mass is 79.9.